The molecule has 0 bridgehead atoms. The van der Waals surface area contributed by atoms with Crippen molar-refractivity contribution in [2.24, 2.45) is 13.0 Å². The number of nitrogens with zero attached hydrogens (tertiary/aromatic N) is 4. The lowest BCUT2D eigenvalue weighted by molar-refractivity contribution is -0.115. The van der Waals surface area contributed by atoms with Gasteiger partial charge >= 0.3 is 0 Å². The van der Waals surface area contributed by atoms with Crippen molar-refractivity contribution in [1.82, 2.24) is 14.8 Å². The summed E-state index contributed by atoms with van der Waals surface area (Å²) in [7, 11) is -1.10. The molecule has 148 valence electrons. The smallest absolute Gasteiger partial charge is 0.237 e. The summed E-state index contributed by atoms with van der Waals surface area (Å²) in [6, 6.07) is 8.77. The molecule has 1 aromatic heterocycles. The van der Waals surface area contributed by atoms with Gasteiger partial charge in [0.05, 0.1) is 28.4 Å². The number of sulfone groups is 1. The van der Waals surface area contributed by atoms with Crippen LogP contribution in [0.15, 0.2) is 29.4 Å². The van der Waals surface area contributed by atoms with E-state index in [0.717, 1.165) is 5.82 Å². The van der Waals surface area contributed by atoms with Crippen LogP contribution in [-0.4, -0.2) is 45.8 Å². The van der Waals surface area contributed by atoms with Crippen LogP contribution in [-0.2, 0) is 28.1 Å². The average Bonchev–Trinajstić information content (AvgIpc) is 3.18. The summed E-state index contributed by atoms with van der Waals surface area (Å²) in [5, 5.41) is 20.2. The van der Waals surface area contributed by atoms with Crippen LogP contribution in [0.2, 0.25) is 0 Å². The Morgan fingerprint density at radius 3 is 2.93 bits per heavy atom. The maximum Gasteiger partial charge on any atom is 0.237 e. The number of anilines is 1. The topological polar surface area (TPSA) is 118 Å². The van der Waals surface area contributed by atoms with E-state index >= 15 is 0 Å². The molecule has 28 heavy (non-hydrogen) atoms. The van der Waals surface area contributed by atoms with Gasteiger partial charge in [-0.3, -0.25) is 4.79 Å². The van der Waals surface area contributed by atoms with Crippen LogP contribution in [0.5, 0.6) is 0 Å². The van der Waals surface area contributed by atoms with Crippen molar-refractivity contribution in [1.29, 1.82) is 5.26 Å². The molecule has 2 atom stereocenters. The molecule has 0 spiro atoms. The van der Waals surface area contributed by atoms with Gasteiger partial charge in [-0.2, -0.15) is 5.26 Å². The Balaban J connectivity index is 1.61. The predicted octanol–water partition coefficient (Wildman–Crippen LogP) is 1.78. The average molecular weight is 420 g/mol. The van der Waals surface area contributed by atoms with Crippen LogP contribution in [0.3, 0.4) is 0 Å². The largest absolute Gasteiger partial charge is 0.325 e. The van der Waals surface area contributed by atoms with Crippen molar-refractivity contribution >= 4 is 33.2 Å². The maximum atomic E-state index is 12.4. The summed E-state index contributed by atoms with van der Waals surface area (Å²) in [6.07, 6.45) is 1.21. The summed E-state index contributed by atoms with van der Waals surface area (Å²) in [6.45, 7) is 1.77. The summed E-state index contributed by atoms with van der Waals surface area (Å²) in [5.74, 6) is 1.02. The standard InChI is InChI=1S/C18H21N5O3S2/c1-12(17(24)20-15-5-3-4-13(8-15)10-19)27-18-22-21-16(23(18)2)9-14-6-7-28(25,26)11-14/h3-5,8,12,14H,6-7,9,11H2,1-2H3,(H,20,24)/t12-,14+/m0/s1. The molecule has 1 aliphatic heterocycles. The molecule has 1 aliphatic rings. The molecule has 2 heterocycles. The number of carbonyl (C=O) groups is 1. The molecule has 0 unspecified atom stereocenters. The zero-order valence-corrected chi connectivity index (χ0v) is 17.3. The Labute approximate surface area is 168 Å². The predicted molar refractivity (Wildman–Crippen MR) is 107 cm³/mol. The van der Waals surface area contributed by atoms with Gasteiger partial charge in [0, 0.05) is 19.2 Å². The molecule has 1 aromatic carbocycles. The van der Waals surface area contributed by atoms with Gasteiger partial charge in [0.25, 0.3) is 0 Å². The first-order valence-electron chi connectivity index (χ1n) is 8.84. The summed E-state index contributed by atoms with van der Waals surface area (Å²) >= 11 is 1.28. The number of nitriles is 1. The minimum Gasteiger partial charge on any atom is -0.325 e. The molecular weight excluding hydrogens is 398 g/mol. The van der Waals surface area contributed by atoms with Gasteiger partial charge in [-0.05, 0) is 37.5 Å². The molecule has 1 saturated heterocycles. The lowest BCUT2D eigenvalue weighted by Crippen LogP contribution is -2.23. The van der Waals surface area contributed by atoms with Crippen LogP contribution in [0.4, 0.5) is 5.69 Å². The number of rotatable bonds is 6. The first-order chi connectivity index (χ1) is 13.3. The number of benzene rings is 1. The normalized spacial score (nSPS) is 19.1. The Morgan fingerprint density at radius 1 is 1.46 bits per heavy atom. The van der Waals surface area contributed by atoms with Gasteiger partial charge in [-0.25, -0.2) is 8.42 Å². The molecule has 0 saturated carbocycles. The lowest BCUT2D eigenvalue weighted by atomic mass is 10.1. The van der Waals surface area contributed by atoms with Crippen molar-refractivity contribution < 1.29 is 13.2 Å². The molecule has 3 rings (SSSR count). The first-order valence-corrected chi connectivity index (χ1v) is 11.5. The molecule has 8 nitrogen and oxygen atoms in total. The second-order valence-corrected chi connectivity index (χ2v) is 10.4. The van der Waals surface area contributed by atoms with Crippen molar-refractivity contribution in [3.8, 4) is 6.07 Å². The van der Waals surface area contributed by atoms with E-state index in [-0.39, 0.29) is 23.3 Å². The molecular formula is C18H21N5O3S2. The third-order valence-corrected chi connectivity index (χ3v) is 7.60. The number of hydrogen-bond acceptors (Lipinski definition) is 7. The molecule has 1 fully saturated rings. The number of aromatic nitrogens is 3. The van der Waals surface area contributed by atoms with Gasteiger partial charge in [-0.1, -0.05) is 17.8 Å². The fraction of sp³-hybridized carbons (Fsp3) is 0.444. The second kappa shape index (κ2) is 8.32. The van der Waals surface area contributed by atoms with Crippen molar-refractivity contribution in [3.63, 3.8) is 0 Å². The van der Waals surface area contributed by atoms with Crippen LogP contribution in [0.25, 0.3) is 0 Å². The quantitative estimate of drug-likeness (QED) is 0.709. The van der Waals surface area contributed by atoms with E-state index in [1.165, 1.54) is 11.8 Å². The Kier molecular flexibility index (Phi) is 6.05. The molecule has 10 heteroatoms. The second-order valence-electron chi connectivity index (χ2n) is 6.87. The molecule has 0 aliphatic carbocycles. The summed E-state index contributed by atoms with van der Waals surface area (Å²) in [5.41, 5.74) is 1.04. The third kappa shape index (κ3) is 4.91. The van der Waals surface area contributed by atoms with Gasteiger partial charge in [-0.15, -0.1) is 10.2 Å². The van der Waals surface area contributed by atoms with Crippen LogP contribution >= 0.6 is 11.8 Å². The van der Waals surface area contributed by atoms with E-state index in [1.54, 1.807) is 31.2 Å². The zero-order chi connectivity index (χ0) is 20.3. The Hall–Kier alpha value is -2.38. The SMILES string of the molecule is C[C@H](Sc1nnc(C[C@H]2CCS(=O)(=O)C2)n1C)C(=O)Nc1cccc(C#N)c1. The van der Waals surface area contributed by atoms with Gasteiger partial charge in [0.2, 0.25) is 5.91 Å². The van der Waals surface area contributed by atoms with E-state index in [1.807, 2.05) is 17.7 Å². The highest BCUT2D eigenvalue weighted by Gasteiger charge is 2.29. The minimum absolute atomic E-state index is 0.0684. The molecule has 1 N–H and O–H groups in total. The number of nitrogens with one attached hydrogen (secondary N) is 1. The lowest BCUT2D eigenvalue weighted by Gasteiger charge is -2.12. The van der Waals surface area contributed by atoms with Crippen molar-refractivity contribution in [2.45, 2.75) is 30.2 Å². The number of amides is 1. The number of carbonyl (C=O) groups excluding carboxylic acids is 1. The van der Waals surface area contributed by atoms with Crippen LogP contribution < -0.4 is 5.32 Å². The highest BCUT2D eigenvalue weighted by molar-refractivity contribution is 8.00. The van der Waals surface area contributed by atoms with Crippen molar-refractivity contribution in [2.75, 3.05) is 16.8 Å². The van der Waals surface area contributed by atoms with Gasteiger partial charge in [0.1, 0.15) is 5.82 Å². The summed E-state index contributed by atoms with van der Waals surface area (Å²) < 4.78 is 25.1. The number of hydrogen-bond donors (Lipinski definition) is 1. The van der Waals surface area contributed by atoms with E-state index in [4.69, 9.17) is 5.26 Å². The van der Waals surface area contributed by atoms with Crippen molar-refractivity contribution in [3.05, 3.63) is 35.7 Å². The van der Waals surface area contributed by atoms with Crippen LogP contribution in [0, 0.1) is 17.2 Å². The monoisotopic (exact) mass is 419 g/mol. The van der Waals surface area contributed by atoms with Gasteiger partial charge in [0.15, 0.2) is 15.0 Å². The molecule has 2 aromatic rings. The minimum atomic E-state index is -2.92. The Bertz CT molecular complexity index is 1030. The maximum absolute atomic E-state index is 12.4. The van der Waals surface area contributed by atoms with Crippen LogP contribution in [0.1, 0.15) is 24.7 Å². The van der Waals surface area contributed by atoms with E-state index in [9.17, 15) is 13.2 Å². The third-order valence-electron chi connectivity index (χ3n) is 4.63. The van der Waals surface area contributed by atoms with E-state index in [2.05, 4.69) is 15.5 Å². The first kappa shape index (κ1) is 20.4. The van der Waals surface area contributed by atoms with Gasteiger partial charge < -0.3 is 9.88 Å². The van der Waals surface area contributed by atoms with E-state index < -0.39 is 15.1 Å². The fourth-order valence-electron chi connectivity index (χ4n) is 3.04. The zero-order valence-electron chi connectivity index (χ0n) is 15.6. The van der Waals surface area contributed by atoms with E-state index in [0.29, 0.717) is 29.2 Å². The molecule has 1 amide bonds. The molecule has 0 radical (unpaired) electrons. The Morgan fingerprint density at radius 2 is 2.25 bits per heavy atom. The number of thioether (sulfide) groups is 1. The summed E-state index contributed by atoms with van der Waals surface area (Å²) in [4.78, 5) is 12.4. The highest BCUT2D eigenvalue weighted by Crippen LogP contribution is 2.26. The fourth-order valence-corrected chi connectivity index (χ4v) is 5.73. The highest BCUT2D eigenvalue weighted by atomic mass is 32.2.